The van der Waals surface area contributed by atoms with Crippen LogP contribution in [0.2, 0.25) is 0 Å². The third-order valence-electron chi connectivity index (χ3n) is 4.02. The number of carbonyl (C=O) groups is 1. The quantitative estimate of drug-likeness (QED) is 0.914. The van der Waals surface area contributed by atoms with Gasteiger partial charge >= 0.3 is 0 Å². The predicted octanol–water partition coefficient (Wildman–Crippen LogP) is 1.54. The average molecular weight is 346 g/mol. The third kappa shape index (κ3) is 3.27. The first-order valence-electron chi connectivity index (χ1n) is 7.62. The Morgan fingerprint density at radius 2 is 1.46 bits per heavy atom. The van der Waals surface area contributed by atoms with Crippen LogP contribution in [0.25, 0.3) is 0 Å². The van der Waals surface area contributed by atoms with Crippen molar-refractivity contribution in [2.75, 3.05) is 26.2 Å². The maximum Gasteiger partial charge on any atom is 0.253 e. The smallest absolute Gasteiger partial charge is 0.253 e. The highest BCUT2D eigenvalue weighted by Gasteiger charge is 2.30. The highest BCUT2D eigenvalue weighted by molar-refractivity contribution is 7.89. The Morgan fingerprint density at radius 3 is 2.04 bits per heavy atom. The van der Waals surface area contributed by atoms with Crippen molar-refractivity contribution in [3.63, 3.8) is 0 Å². The lowest BCUT2D eigenvalue weighted by Crippen LogP contribution is -2.50. The molecule has 0 atom stereocenters. The summed E-state index contributed by atoms with van der Waals surface area (Å²) in [6.07, 6.45) is 0. The minimum atomic E-state index is -3.61. The van der Waals surface area contributed by atoms with Gasteiger partial charge in [-0.2, -0.15) is 4.31 Å². The molecule has 1 aliphatic heterocycles. The number of hydrogen-bond donors (Lipinski definition) is 1. The van der Waals surface area contributed by atoms with Gasteiger partial charge in [0.2, 0.25) is 10.0 Å². The highest BCUT2D eigenvalue weighted by Crippen LogP contribution is 2.20. The van der Waals surface area contributed by atoms with E-state index >= 15 is 0 Å². The summed E-state index contributed by atoms with van der Waals surface area (Å²) in [5, 5.41) is 9.28. The topological polar surface area (TPSA) is 77.9 Å². The van der Waals surface area contributed by atoms with Crippen molar-refractivity contribution in [1.29, 1.82) is 0 Å². The summed E-state index contributed by atoms with van der Waals surface area (Å²) < 4.78 is 26.5. The summed E-state index contributed by atoms with van der Waals surface area (Å²) >= 11 is 0. The molecule has 1 N–H and O–H groups in total. The Hall–Kier alpha value is -2.38. The van der Waals surface area contributed by atoms with E-state index in [1.54, 1.807) is 29.2 Å². The maximum atomic E-state index is 12.6. The van der Waals surface area contributed by atoms with E-state index in [-0.39, 0.29) is 29.6 Å². The van der Waals surface area contributed by atoms with E-state index in [4.69, 9.17) is 0 Å². The lowest BCUT2D eigenvalue weighted by molar-refractivity contribution is 0.0698. The van der Waals surface area contributed by atoms with Crippen LogP contribution in [0.3, 0.4) is 0 Å². The van der Waals surface area contributed by atoms with Crippen molar-refractivity contribution >= 4 is 15.9 Å². The molecule has 0 aromatic heterocycles. The van der Waals surface area contributed by atoms with Crippen molar-refractivity contribution in [3.05, 3.63) is 60.2 Å². The number of amides is 1. The highest BCUT2D eigenvalue weighted by atomic mass is 32.2. The van der Waals surface area contributed by atoms with Crippen LogP contribution in [0.1, 0.15) is 10.4 Å². The Bertz CT molecular complexity index is 811. The van der Waals surface area contributed by atoms with Gasteiger partial charge in [0.1, 0.15) is 5.75 Å². The number of rotatable bonds is 3. The molecule has 0 unspecified atom stereocenters. The van der Waals surface area contributed by atoms with Crippen LogP contribution in [0.15, 0.2) is 59.5 Å². The van der Waals surface area contributed by atoms with E-state index in [0.717, 1.165) is 0 Å². The van der Waals surface area contributed by atoms with E-state index in [2.05, 4.69) is 0 Å². The molecular formula is C17H18N2O4S. The second-order valence-electron chi connectivity index (χ2n) is 5.56. The van der Waals surface area contributed by atoms with Crippen molar-refractivity contribution < 1.29 is 18.3 Å². The molecule has 0 saturated carbocycles. The molecule has 7 heteroatoms. The van der Waals surface area contributed by atoms with Gasteiger partial charge in [0.05, 0.1) is 4.90 Å². The van der Waals surface area contributed by atoms with Crippen molar-refractivity contribution in [1.82, 2.24) is 9.21 Å². The van der Waals surface area contributed by atoms with Crippen LogP contribution in [0.4, 0.5) is 0 Å². The summed E-state index contributed by atoms with van der Waals surface area (Å²) in [5.74, 6) is -0.0653. The molecule has 0 bridgehead atoms. The van der Waals surface area contributed by atoms with Gasteiger partial charge < -0.3 is 10.0 Å². The first kappa shape index (κ1) is 16.5. The van der Waals surface area contributed by atoms with E-state index in [9.17, 15) is 18.3 Å². The lowest BCUT2D eigenvalue weighted by atomic mass is 10.2. The Balaban J connectivity index is 1.68. The van der Waals surface area contributed by atoms with Gasteiger partial charge in [-0.1, -0.05) is 18.2 Å². The molecule has 6 nitrogen and oxygen atoms in total. The normalized spacial score (nSPS) is 16.1. The van der Waals surface area contributed by atoms with Crippen LogP contribution in [-0.4, -0.2) is 54.8 Å². The molecule has 1 heterocycles. The Labute approximate surface area is 141 Å². The first-order valence-corrected chi connectivity index (χ1v) is 9.06. The van der Waals surface area contributed by atoms with E-state index in [1.807, 2.05) is 6.07 Å². The molecule has 3 rings (SSSR count). The largest absolute Gasteiger partial charge is 0.508 e. The van der Waals surface area contributed by atoms with Crippen molar-refractivity contribution in [2.45, 2.75) is 4.90 Å². The third-order valence-corrected chi connectivity index (χ3v) is 5.93. The number of piperazine rings is 1. The van der Waals surface area contributed by atoms with Gasteiger partial charge in [-0.25, -0.2) is 8.42 Å². The zero-order chi connectivity index (χ0) is 17.2. The molecule has 0 spiro atoms. The Morgan fingerprint density at radius 1 is 0.875 bits per heavy atom. The minimum Gasteiger partial charge on any atom is -0.508 e. The van der Waals surface area contributed by atoms with Crippen LogP contribution in [0, 0.1) is 0 Å². The monoisotopic (exact) mass is 346 g/mol. The zero-order valence-electron chi connectivity index (χ0n) is 13.0. The van der Waals surface area contributed by atoms with Gasteiger partial charge in [0.25, 0.3) is 5.91 Å². The fourth-order valence-electron chi connectivity index (χ4n) is 2.66. The van der Waals surface area contributed by atoms with E-state index in [1.165, 1.54) is 28.6 Å². The number of benzene rings is 2. The SMILES string of the molecule is O=C(c1ccccc1)N1CCN(S(=O)(=O)c2ccc(O)cc2)CC1. The van der Waals surface area contributed by atoms with Crippen molar-refractivity contribution in [3.8, 4) is 5.75 Å². The van der Waals surface area contributed by atoms with Gasteiger partial charge in [0, 0.05) is 31.7 Å². The standard InChI is InChI=1S/C17H18N2O4S/c20-15-6-8-16(9-7-15)24(22,23)19-12-10-18(11-13-19)17(21)14-4-2-1-3-5-14/h1-9,20H,10-13H2. The fraction of sp³-hybridized carbons (Fsp3) is 0.235. The first-order chi connectivity index (χ1) is 11.5. The molecule has 1 saturated heterocycles. The molecule has 126 valence electrons. The number of aromatic hydroxyl groups is 1. The second kappa shape index (κ2) is 6.62. The summed E-state index contributed by atoms with van der Waals surface area (Å²) in [7, 11) is -3.61. The van der Waals surface area contributed by atoms with Crippen LogP contribution in [-0.2, 0) is 10.0 Å². The number of carbonyl (C=O) groups excluding carboxylic acids is 1. The lowest BCUT2D eigenvalue weighted by Gasteiger charge is -2.34. The summed E-state index contributed by atoms with van der Waals surface area (Å²) in [6.45, 7) is 1.21. The molecule has 1 aliphatic rings. The average Bonchev–Trinajstić information content (AvgIpc) is 2.62. The molecular weight excluding hydrogens is 328 g/mol. The van der Waals surface area contributed by atoms with Crippen LogP contribution in [0.5, 0.6) is 5.75 Å². The summed E-state index contributed by atoms with van der Waals surface area (Å²) in [6, 6.07) is 14.4. The Kier molecular flexibility index (Phi) is 4.55. The number of nitrogens with zero attached hydrogens (tertiary/aromatic N) is 2. The van der Waals surface area contributed by atoms with Crippen molar-refractivity contribution in [2.24, 2.45) is 0 Å². The van der Waals surface area contributed by atoms with E-state index < -0.39 is 10.0 Å². The molecule has 2 aromatic carbocycles. The van der Waals surface area contributed by atoms with Crippen LogP contribution >= 0.6 is 0 Å². The maximum absolute atomic E-state index is 12.6. The number of hydrogen-bond acceptors (Lipinski definition) is 4. The molecule has 1 amide bonds. The number of phenolic OH excluding ortho intramolecular Hbond substituents is 1. The van der Waals surface area contributed by atoms with E-state index in [0.29, 0.717) is 18.7 Å². The molecule has 1 fully saturated rings. The summed E-state index contributed by atoms with van der Waals surface area (Å²) in [4.78, 5) is 14.2. The summed E-state index contributed by atoms with van der Waals surface area (Å²) in [5.41, 5.74) is 0.604. The molecule has 0 aliphatic carbocycles. The zero-order valence-corrected chi connectivity index (χ0v) is 13.8. The van der Waals surface area contributed by atoms with Crippen LogP contribution < -0.4 is 0 Å². The van der Waals surface area contributed by atoms with Gasteiger partial charge in [-0.05, 0) is 36.4 Å². The van der Waals surface area contributed by atoms with Gasteiger partial charge in [-0.3, -0.25) is 4.79 Å². The minimum absolute atomic E-state index is 0.0206. The molecule has 24 heavy (non-hydrogen) atoms. The fourth-order valence-corrected chi connectivity index (χ4v) is 4.08. The second-order valence-corrected chi connectivity index (χ2v) is 7.49. The molecule has 2 aromatic rings. The molecule has 0 radical (unpaired) electrons. The predicted molar refractivity (Wildman–Crippen MR) is 89.2 cm³/mol. The number of phenols is 1. The van der Waals surface area contributed by atoms with Gasteiger partial charge in [-0.15, -0.1) is 0 Å². The van der Waals surface area contributed by atoms with Gasteiger partial charge in [0.15, 0.2) is 0 Å². The number of sulfonamides is 1.